The first-order valence-electron chi connectivity index (χ1n) is 8.21. The predicted octanol–water partition coefficient (Wildman–Crippen LogP) is 2.72. The molecule has 0 unspecified atom stereocenters. The summed E-state index contributed by atoms with van der Waals surface area (Å²) >= 11 is 0. The Hall–Kier alpha value is -3.75. The van der Waals surface area contributed by atoms with Crippen LogP contribution in [0.25, 0.3) is 11.3 Å². The van der Waals surface area contributed by atoms with E-state index in [9.17, 15) is 23.5 Å². The number of hydrazine groups is 1. The number of benzene rings is 2. The van der Waals surface area contributed by atoms with Crippen LogP contribution in [0.5, 0.6) is 5.75 Å². The van der Waals surface area contributed by atoms with Crippen molar-refractivity contribution in [2.45, 2.75) is 12.8 Å². The van der Waals surface area contributed by atoms with Gasteiger partial charge >= 0.3 is 0 Å². The van der Waals surface area contributed by atoms with Crippen LogP contribution in [0.1, 0.15) is 22.7 Å². The zero-order valence-electron chi connectivity index (χ0n) is 14.4. The van der Waals surface area contributed by atoms with Gasteiger partial charge in [0.15, 0.2) is 11.7 Å². The van der Waals surface area contributed by atoms with Gasteiger partial charge in [-0.2, -0.15) is 0 Å². The standard InChI is InChI=1S/C19H15F2N3O4/c20-13-5-2-6-14(21)18(13)15-10-22-17(28-15)8-7-16(26)23-24-19(27)11-3-1-4-12(25)9-11/h1-6,9-10,25H,7-8H2,(H,23,26)(H,24,27). The van der Waals surface area contributed by atoms with Gasteiger partial charge in [0, 0.05) is 18.4 Å². The van der Waals surface area contributed by atoms with Gasteiger partial charge in [0.25, 0.3) is 5.91 Å². The number of aromatic hydroxyl groups is 1. The van der Waals surface area contributed by atoms with E-state index in [1.165, 1.54) is 36.5 Å². The molecule has 7 nitrogen and oxygen atoms in total. The number of carbonyl (C=O) groups is 2. The number of aromatic nitrogens is 1. The Morgan fingerprint density at radius 3 is 2.50 bits per heavy atom. The molecule has 9 heteroatoms. The van der Waals surface area contributed by atoms with Crippen LogP contribution in [0.4, 0.5) is 8.78 Å². The molecule has 0 aliphatic rings. The number of nitrogens with one attached hydrogen (secondary N) is 2. The average molecular weight is 387 g/mol. The number of phenolic OH excluding ortho intramolecular Hbond substituents is 1. The van der Waals surface area contributed by atoms with Crippen LogP contribution in [-0.4, -0.2) is 21.9 Å². The molecular weight excluding hydrogens is 372 g/mol. The van der Waals surface area contributed by atoms with Gasteiger partial charge in [-0.3, -0.25) is 20.4 Å². The molecule has 0 radical (unpaired) electrons. The van der Waals surface area contributed by atoms with E-state index in [4.69, 9.17) is 4.42 Å². The summed E-state index contributed by atoms with van der Waals surface area (Å²) in [6, 6.07) is 9.06. The molecular formula is C19H15F2N3O4. The summed E-state index contributed by atoms with van der Waals surface area (Å²) < 4.78 is 32.8. The fraction of sp³-hybridized carbons (Fsp3) is 0.105. The number of halogens is 2. The first kappa shape index (κ1) is 19.0. The van der Waals surface area contributed by atoms with Crippen LogP contribution in [-0.2, 0) is 11.2 Å². The molecule has 2 amide bonds. The normalized spacial score (nSPS) is 10.5. The highest BCUT2D eigenvalue weighted by molar-refractivity contribution is 5.95. The maximum atomic E-state index is 13.8. The van der Waals surface area contributed by atoms with Crippen molar-refractivity contribution in [3.63, 3.8) is 0 Å². The third kappa shape index (κ3) is 4.50. The Morgan fingerprint density at radius 1 is 1.07 bits per heavy atom. The molecule has 0 fully saturated rings. The van der Waals surface area contributed by atoms with E-state index in [0.717, 1.165) is 12.1 Å². The fourth-order valence-corrected chi connectivity index (χ4v) is 2.40. The second-order valence-corrected chi connectivity index (χ2v) is 5.77. The van der Waals surface area contributed by atoms with Crippen LogP contribution < -0.4 is 10.9 Å². The fourth-order valence-electron chi connectivity index (χ4n) is 2.40. The summed E-state index contributed by atoms with van der Waals surface area (Å²) in [5, 5.41) is 9.34. The summed E-state index contributed by atoms with van der Waals surface area (Å²) in [7, 11) is 0. The Labute approximate surface area is 158 Å². The van der Waals surface area contributed by atoms with Crippen molar-refractivity contribution in [3.05, 3.63) is 71.8 Å². The Balaban J connectivity index is 1.53. The van der Waals surface area contributed by atoms with Crippen LogP contribution in [0.2, 0.25) is 0 Å². The summed E-state index contributed by atoms with van der Waals surface area (Å²) in [5.74, 6) is -2.73. The lowest BCUT2D eigenvalue weighted by atomic mass is 10.1. The molecule has 3 rings (SSSR count). The lowest BCUT2D eigenvalue weighted by Crippen LogP contribution is -2.41. The second-order valence-electron chi connectivity index (χ2n) is 5.77. The molecule has 0 saturated heterocycles. The molecule has 0 aliphatic carbocycles. The number of carbonyl (C=O) groups excluding carboxylic acids is 2. The summed E-state index contributed by atoms with van der Waals surface area (Å²) in [5.41, 5.74) is 4.27. The SMILES string of the molecule is O=C(CCc1ncc(-c2c(F)cccc2F)o1)NNC(=O)c1cccc(O)c1. The van der Waals surface area contributed by atoms with Crippen molar-refractivity contribution < 1.29 is 27.9 Å². The molecule has 2 aromatic carbocycles. The molecule has 144 valence electrons. The third-order valence-corrected chi connectivity index (χ3v) is 3.75. The van der Waals surface area contributed by atoms with E-state index in [1.807, 2.05) is 0 Å². The smallest absolute Gasteiger partial charge is 0.269 e. The molecule has 0 aliphatic heterocycles. The highest BCUT2D eigenvalue weighted by Gasteiger charge is 2.16. The van der Waals surface area contributed by atoms with E-state index >= 15 is 0 Å². The van der Waals surface area contributed by atoms with E-state index in [2.05, 4.69) is 15.8 Å². The molecule has 1 aromatic heterocycles. The lowest BCUT2D eigenvalue weighted by molar-refractivity contribution is -0.121. The maximum Gasteiger partial charge on any atom is 0.269 e. The van der Waals surface area contributed by atoms with Gasteiger partial charge in [-0.1, -0.05) is 12.1 Å². The minimum absolute atomic E-state index is 0.0594. The minimum atomic E-state index is -0.782. The zero-order chi connectivity index (χ0) is 20.1. The number of phenols is 1. The van der Waals surface area contributed by atoms with Gasteiger partial charge in [-0.15, -0.1) is 0 Å². The van der Waals surface area contributed by atoms with Crippen LogP contribution in [0.15, 0.2) is 53.1 Å². The molecule has 0 atom stereocenters. The van der Waals surface area contributed by atoms with Gasteiger partial charge in [0.1, 0.15) is 17.4 Å². The van der Waals surface area contributed by atoms with Gasteiger partial charge in [0.2, 0.25) is 5.91 Å². The zero-order valence-corrected chi connectivity index (χ0v) is 14.4. The Kier molecular flexibility index (Phi) is 5.64. The number of hydrogen-bond acceptors (Lipinski definition) is 5. The number of rotatable bonds is 5. The van der Waals surface area contributed by atoms with Gasteiger partial charge in [-0.05, 0) is 30.3 Å². The Morgan fingerprint density at radius 2 is 1.79 bits per heavy atom. The molecule has 28 heavy (non-hydrogen) atoms. The number of aryl methyl sites for hydroxylation is 1. The molecule has 3 N–H and O–H groups in total. The van der Waals surface area contributed by atoms with Crippen molar-refractivity contribution >= 4 is 11.8 Å². The highest BCUT2D eigenvalue weighted by Crippen LogP contribution is 2.26. The highest BCUT2D eigenvalue weighted by atomic mass is 19.1. The summed E-state index contributed by atoms with van der Waals surface area (Å²) in [4.78, 5) is 27.6. The molecule has 0 saturated carbocycles. The molecule has 1 heterocycles. The quantitative estimate of drug-likeness (QED) is 0.584. The third-order valence-electron chi connectivity index (χ3n) is 3.75. The van der Waals surface area contributed by atoms with Crippen LogP contribution in [0.3, 0.4) is 0 Å². The van der Waals surface area contributed by atoms with Gasteiger partial charge < -0.3 is 9.52 Å². The minimum Gasteiger partial charge on any atom is -0.508 e. The van der Waals surface area contributed by atoms with Crippen LogP contribution >= 0.6 is 0 Å². The summed E-state index contributed by atoms with van der Waals surface area (Å²) in [6.45, 7) is 0. The van der Waals surface area contributed by atoms with Gasteiger partial charge in [0.05, 0.1) is 11.8 Å². The predicted molar refractivity (Wildman–Crippen MR) is 93.9 cm³/mol. The first-order valence-corrected chi connectivity index (χ1v) is 8.21. The van der Waals surface area contributed by atoms with Crippen molar-refractivity contribution in [2.75, 3.05) is 0 Å². The first-order chi connectivity index (χ1) is 13.4. The topological polar surface area (TPSA) is 104 Å². The van der Waals surface area contributed by atoms with Crippen molar-refractivity contribution in [1.82, 2.24) is 15.8 Å². The number of oxazole rings is 1. The van der Waals surface area contributed by atoms with Gasteiger partial charge in [-0.25, -0.2) is 13.8 Å². The largest absolute Gasteiger partial charge is 0.508 e. The van der Waals surface area contributed by atoms with E-state index in [0.29, 0.717) is 0 Å². The number of hydrogen-bond donors (Lipinski definition) is 3. The summed E-state index contributed by atoms with van der Waals surface area (Å²) in [6.07, 6.45) is 1.16. The second kappa shape index (κ2) is 8.30. The maximum absolute atomic E-state index is 13.8. The molecule has 0 spiro atoms. The van der Waals surface area contributed by atoms with Crippen molar-refractivity contribution in [2.24, 2.45) is 0 Å². The number of amides is 2. The van der Waals surface area contributed by atoms with E-state index in [-0.39, 0.29) is 41.4 Å². The van der Waals surface area contributed by atoms with Crippen LogP contribution in [0, 0.1) is 11.6 Å². The van der Waals surface area contributed by atoms with E-state index < -0.39 is 23.4 Å². The number of nitrogens with zero attached hydrogens (tertiary/aromatic N) is 1. The lowest BCUT2D eigenvalue weighted by Gasteiger charge is -2.07. The molecule has 0 bridgehead atoms. The van der Waals surface area contributed by atoms with E-state index in [1.54, 1.807) is 0 Å². The molecule has 3 aromatic rings. The monoisotopic (exact) mass is 387 g/mol. The Bertz CT molecular complexity index is 1000. The average Bonchev–Trinajstić information content (AvgIpc) is 3.13. The van der Waals surface area contributed by atoms with Crippen molar-refractivity contribution in [1.29, 1.82) is 0 Å². The van der Waals surface area contributed by atoms with Crippen molar-refractivity contribution in [3.8, 4) is 17.1 Å².